The van der Waals surface area contributed by atoms with Gasteiger partial charge in [-0.3, -0.25) is 9.59 Å². The molecule has 0 radical (unpaired) electrons. The predicted octanol–water partition coefficient (Wildman–Crippen LogP) is 4.74. The number of hydrogen-bond acceptors (Lipinski definition) is 5. The standard InChI is InChI=1S/C26H21N3O3/c1-2-15-32-22-10-6-9-20(16-22)28-24-23(19-7-4-3-5-8-19)25(30)29(26(24)31)21-13-11-18(17-27)12-14-21/h3-14,16,28H,2,15H2,1H3. The van der Waals surface area contributed by atoms with E-state index in [1.807, 2.05) is 49.4 Å². The molecule has 1 N–H and O–H groups in total. The Balaban J connectivity index is 1.74. The second kappa shape index (κ2) is 9.19. The van der Waals surface area contributed by atoms with Crippen molar-refractivity contribution < 1.29 is 14.3 Å². The molecule has 2 amide bonds. The molecular weight excluding hydrogens is 402 g/mol. The molecule has 1 aliphatic heterocycles. The van der Waals surface area contributed by atoms with Crippen LogP contribution in [0.1, 0.15) is 24.5 Å². The number of ether oxygens (including phenoxy) is 1. The molecule has 3 aromatic carbocycles. The number of nitrogens with zero attached hydrogens (tertiary/aromatic N) is 2. The minimum Gasteiger partial charge on any atom is -0.494 e. The van der Waals surface area contributed by atoms with Gasteiger partial charge >= 0.3 is 0 Å². The third-order valence-electron chi connectivity index (χ3n) is 4.98. The summed E-state index contributed by atoms with van der Waals surface area (Å²) in [4.78, 5) is 27.9. The van der Waals surface area contributed by atoms with Crippen LogP contribution in [-0.2, 0) is 9.59 Å². The van der Waals surface area contributed by atoms with Crippen LogP contribution in [0.4, 0.5) is 11.4 Å². The Morgan fingerprint density at radius 2 is 1.69 bits per heavy atom. The summed E-state index contributed by atoms with van der Waals surface area (Å²) in [7, 11) is 0. The molecular formula is C26H21N3O3. The monoisotopic (exact) mass is 423 g/mol. The van der Waals surface area contributed by atoms with E-state index in [2.05, 4.69) is 5.32 Å². The van der Waals surface area contributed by atoms with Crippen LogP contribution >= 0.6 is 0 Å². The summed E-state index contributed by atoms with van der Waals surface area (Å²) in [5.41, 5.74) is 2.63. The lowest BCUT2D eigenvalue weighted by molar-refractivity contribution is -0.120. The maximum absolute atomic E-state index is 13.4. The maximum Gasteiger partial charge on any atom is 0.282 e. The molecule has 0 fully saturated rings. The smallest absolute Gasteiger partial charge is 0.282 e. The third-order valence-corrected chi connectivity index (χ3v) is 4.98. The van der Waals surface area contributed by atoms with Gasteiger partial charge in [0.25, 0.3) is 11.8 Å². The predicted molar refractivity (Wildman–Crippen MR) is 123 cm³/mol. The van der Waals surface area contributed by atoms with Gasteiger partial charge < -0.3 is 10.1 Å². The number of nitrogens with one attached hydrogen (secondary N) is 1. The maximum atomic E-state index is 13.4. The second-order valence-corrected chi connectivity index (χ2v) is 7.22. The average Bonchev–Trinajstić information content (AvgIpc) is 3.07. The number of imide groups is 1. The fourth-order valence-corrected chi connectivity index (χ4v) is 3.47. The van der Waals surface area contributed by atoms with Crippen LogP contribution in [-0.4, -0.2) is 18.4 Å². The minimum absolute atomic E-state index is 0.193. The van der Waals surface area contributed by atoms with Crippen molar-refractivity contribution in [3.05, 3.63) is 95.7 Å². The molecule has 0 spiro atoms. The van der Waals surface area contributed by atoms with E-state index in [0.717, 1.165) is 11.3 Å². The van der Waals surface area contributed by atoms with E-state index < -0.39 is 11.8 Å². The number of nitriles is 1. The molecule has 32 heavy (non-hydrogen) atoms. The van der Waals surface area contributed by atoms with Gasteiger partial charge in [-0.05, 0) is 48.4 Å². The zero-order valence-electron chi connectivity index (χ0n) is 17.5. The van der Waals surface area contributed by atoms with Gasteiger partial charge in [0.2, 0.25) is 0 Å². The molecule has 0 aliphatic carbocycles. The van der Waals surface area contributed by atoms with Crippen molar-refractivity contribution in [2.45, 2.75) is 13.3 Å². The lowest BCUT2D eigenvalue weighted by atomic mass is 10.0. The molecule has 6 heteroatoms. The average molecular weight is 423 g/mol. The number of benzene rings is 3. The molecule has 4 rings (SSSR count). The van der Waals surface area contributed by atoms with Gasteiger partial charge in [0.1, 0.15) is 11.4 Å². The summed E-state index contributed by atoms with van der Waals surface area (Å²) in [6, 6.07) is 24.8. The van der Waals surface area contributed by atoms with Crippen LogP contribution < -0.4 is 15.0 Å². The van der Waals surface area contributed by atoms with Crippen LogP contribution in [0.3, 0.4) is 0 Å². The van der Waals surface area contributed by atoms with Crippen LogP contribution in [0.5, 0.6) is 5.75 Å². The van der Waals surface area contributed by atoms with Crippen molar-refractivity contribution in [1.82, 2.24) is 0 Å². The highest BCUT2D eigenvalue weighted by molar-refractivity contribution is 6.46. The third kappa shape index (κ3) is 4.09. The molecule has 6 nitrogen and oxygen atoms in total. The fraction of sp³-hybridized carbons (Fsp3) is 0.115. The Kier molecular flexibility index (Phi) is 6.00. The summed E-state index contributed by atoms with van der Waals surface area (Å²) >= 11 is 0. The molecule has 3 aromatic rings. The Labute approximate surface area is 186 Å². The van der Waals surface area contributed by atoms with E-state index in [4.69, 9.17) is 10.00 Å². The van der Waals surface area contributed by atoms with E-state index in [0.29, 0.717) is 40.4 Å². The first-order chi connectivity index (χ1) is 15.6. The first-order valence-electron chi connectivity index (χ1n) is 10.3. The van der Waals surface area contributed by atoms with E-state index >= 15 is 0 Å². The van der Waals surface area contributed by atoms with Crippen molar-refractivity contribution in [2.75, 3.05) is 16.8 Å². The number of anilines is 2. The van der Waals surface area contributed by atoms with E-state index in [9.17, 15) is 9.59 Å². The van der Waals surface area contributed by atoms with Crippen LogP contribution in [0.25, 0.3) is 5.57 Å². The van der Waals surface area contributed by atoms with Crippen molar-refractivity contribution in [3.63, 3.8) is 0 Å². The van der Waals surface area contributed by atoms with Gasteiger partial charge in [0.15, 0.2) is 0 Å². The zero-order valence-corrected chi connectivity index (χ0v) is 17.5. The SMILES string of the molecule is CCCOc1cccc(NC2=C(c3ccccc3)C(=O)N(c3ccc(C#N)cc3)C2=O)c1. The molecule has 1 aliphatic rings. The Hall–Kier alpha value is -4.37. The topological polar surface area (TPSA) is 82.4 Å². The number of hydrogen-bond donors (Lipinski definition) is 1. The van der Waals surface area contributed by atoms with E-state index in [1.54, 1.807) is 42.5 Å². The van der Waals surface area contributed by atoms with Crippen LogP contribution in [0.15, 0.2) is 84.6 Å². The summed E-state index contributed by atoms with van der Waals surface area (Å²) in [6.07, 6.45) is 0.882. The molecule has 0 aromatic heterocycles. The van der Waals surface area contributed by atoms with Gasteiger partial charge in [-0.15, -0.1) is 0 Å². The summed E-state index contributed by atoms with van der Waals surface area (Å²) in [5, 5.41) is 12.2. The zero-order chi connectivity index (χ0) is 22.5. The van der Waals surface area contributed by atoms with Crippen LogP contribution in [0, 0.1) is 11.3 Å². The van der Waals surface area contributed by atoms with Gasteiger partial charge in [-0.1, -0.05) is 43.3 Å². The fourth-order valence-electron chi connectivity index (χ4n) is 3.47. The van der Waals surface area contributed by atoms with Crippen molar-refractivity contribution in [1.29, 1.82) is 5.26 Å². The number of carbonyl (C=O) groups is 2. The van der Waals surface area contributed by atoms with E-state index in [-0.39, 0.29) is 5.70 Å². The minimum atomic E-state index is -0.460. The van der Waals surface area contributed by atoms with Gasteiger partial charge in [0.05, 0.1) is 29.5 Å². The van der Waals surface area contributed by atoms with E-state index in [1.165, 1.54) is 0 Å². The summed E-state index contributed by atoms with van der Waals surface area (Å²) < 4.78 is 5.69. The quantitative estimate of drug-likeness (QED) is 0.555. The lowest BCUT2D eigenvalue weighted by Gasteiger charge is -2.15. The number of carbonyl (C=O) groups excluding carboxylic acids is 2. The Morgan fingerprint density at radius 3 is 2.38 bits per heavy atom. The molecule has 0 saturated heterocycles. The lowest BCUT2D eigenvalue weighted by Crippen LogP contribution is -2.32. The van der Waals surface area contributed by atoms with Gasteiger partial charge in [0, 0.05) is 11.8 Å². The first kappa shape index (κ1) is 20.9. The van der Waals surface area contributed by atoms with Gasteiger partial charge in [-0.25, -0.2) is 4.90 Å². The normalized spacial score (nSPS) is 13.3. The highest BCUT2D eigenvalue weighted by Crippen LogP contribution is 2.34. The highest BCUT2D eigenvalue weighted by atomic mass is 16.5. The number of rotatable bonds is 7. The molecule has 1 heterocycles. The Bertz CT molecular complexity index is 1230. The number of amides is 2. The summed E-state index contributed by atoms with van der Waals surface area (Å²) in [5.74, 6) is -0.204. The molecule has 0 bridgehead atoms. The van der Waals surface area contributed by atoms with Crippen molar-refractivity contribution >= 4 is 28.8 Å². The van der Waals surface area contributed by atoms with Crippen molar-refractivity contribution in [2.24, 2.45) is 0 Å². The molecule has 0 saturated carbocycles. The summed E-state index contributed by atoms with van der Waals surface area (Å²) in [6.45, 7) is 2.62. The first-order valence-corrected chi connectivity index (χ1v) is 10.3. The highest BCUT2D eigenvalue weighted by Gasteiger charge is 2.40. The van der Waals surface area contributed by atoms with Crippen molar-refractivity contribution in [3.8, 4) is 11.8 Å². The second-order valence-electron chi connectivity index (χ2n) is 7.22. The van der Waals surface area contributed by atoms with Crippen LogP contribution in [0.2, 0.25) is 0 Å². The largest absolute Gasteiger partial charge is 0.494 e. The molecule has 158 valence electrons. The Morgan fingerprint density at radius 1 is 0.938 bits per heavy atom. The molecule has 0 atom stereocenters. The van der Waals surface area contributed by atoms with Gasteiger partial charge in [-0.2, -0.15) is 5.26 Å². The molecule has 0 unspecified atom stereocenters.